The van der Waals surface area contributed by atoms with E-state index in [0.29, 0.717) is 0 Å². The average molecular weight is 449 g/mol. The molecule has 4 aromatic carbocycles. The van der Waals surface area contributed by atoms with Crippen LogP contribution >= 0.6 is 15.9 Å². The Morgan fingerprint density at radius 3 is 2.07 bits per heavy atom. The van der Waals surface area contributed by atoms with Gasteiger partial charge in [0.25, 0.3) is 0 Å². The van der Waals surface area contributed by atoms with Crippen LogP contribution in [0.3, 0.4) is 0 Å². The summed E-state index contributed by atoms with van der Waals surface area (Å²) < 4.78 is 3.38. The summed E-state index contributed by atoms with van der Waals surface area (Å²) in [5, 5.41) is 2.34. The zero-order valence-electron chi connectivity index (χ0n) is 16.1. The number of hydrogen-bond donors (Lipinski definition) is 0. The van der Waals surface area contributed by atoms with E-state index in [1.165, 1.54) is 22.1 Å². The molecule has 3 heteroatoms. The van der Waals surface area contributed by atoms with Crippen LogP contribution in [0.2, 0.25) is 0 Å². The van der Waals surface area contributed by atoms with Gasteiger partial charge in [-0.3, -0.25) is 4.40 Å². The van der Waals surface area contributed by atoms with Crippen LogP contribution in [0, 0.1) is 0 Å². The molecular formula is C27H17BrN2. The van der Waals surface area contributed by atoms with Crippen LogP contribution in [0.4, 0.5) is 0 Å². The number of nitrogens with zero attached hydrogens (tertiary/aromatic N) is 2. The fourth-order valence-electron chi connectivity index (χ4n) is 4.36. The summed E-state index contributed by atoms with van der Waals surface area (Å²) in [6.45, 7) is 0. The summed E-state index contributed by atoms with van der Waals surface area (Å²) in [4.78, 5) is 5.04. The van der Waals surface area contributed by atoms with Gasteiger partial charge >= 0.3 is 0 Å². The molecule has 0 aliphatic carbocycles. The lowest BCUT2D eigenvalue weighted by Crippen LogP contribution is -1.98. The monoisotopic (exact) mass is 448 g/mol. The average Bonchev–Trinajstić information content (AvgIpc) is 3.18. The van der Waals surface area contributed by atoms with Crippen LogP contribution in [-0.2, 0) is 0 Å². The number of hydrogen-bond acceptors (Lipinski definition) is 1. The van der Waals surface area contributed by atoms with Crippen LogP contribution < -0.4 is 0 Å². The van der Waals surface area contributed by atoms with Gasteiger partial charge in [-0.15, -0.1) is 0 Å². The number of benzene rings is 4. The second-order valence-corrected chi connectivity index (χ2v) is 8.32. The molecule has 0 fully saturated rings. The molecule has 0 N–H and O–H groups in total. The van der Waals surface area contributed by atoms with E-state index in [4.69, 9.17) is 4.98 Å². The van der Waals surface area contributed by atoms with Crippen molar-refractivity contribution in [2.45, 2.75) is 0 Å². The molecule has 0 saturated carbocycles. The number of para-hydroxylation sites is 2. The van der Waals surface area contributed by atoms with E-state index in [-0.39, 0.29) is 0 Å². The standard InChI is InChI=1S/C27H17BrN2/c28-20-15-16-21-22(17-20)25(18-9-3-1-4-10-18)26(19-11-5-2-6-12-19)30-24-14-8-7-13-23(24)29-27(21)30/h1-17H. The zero-order valence-corrected chi connectivity index (χ0v) is 17.7. The third kappa shape index (κ3) is 2.59. The molecule has 0 unspecified atom stereocenters. The maximum atomic E-state index is 5.04. The number of imidazole rings is 1. The summed E-state index contributed by atoms with van der Waals surface area (Å²) in [6, 6.07) is 36.1. The Balaban J connectivity index is 1.95. The van der Waals surface area contributed by atoms with Gasteiger partial charge in [-0.25, -0.2) is 4.98 Å². The fraction of sp³-hybridized carbons (Fsp3) is 0. The molecule has 142 valence electrons. The van der Waals surface area contributed by atoms with Gasteiger partial charge in [0.1, 0.15) is 5.65 Å². The lowest BCUT2D eigenvalue weighted by Gasteiger charge is -2.18. The first kappa shape index (κ1) is 17.4. The van der Waals surface area contributed by atoms with Crippen molar-refractivity contribution in [2.75, 3.05) is 0 Å². The van der Waals surface area contributed by atoms with E-state index in [0.717, 1.165) is 32.2 Å². The Bertz CT molecular complexity index is 1530. The first-order valence-electron chi connectivity index (χ1n) is 9.94. The molecule has 0 bridgehead atoms. The van der Waals surface area contributed by atoms with Gasteiger partial charge in [-0.1, -0.05) is 88.7 Å². The van der Waals surface area contributed by atoms with Crippen molar-refractivity contribution in [2.24, 2.45) is 0 Å². The molecular weight excluding hydrogens is 432 g/mol. The summed E-state index contributed by atoms with van der Waals surface area (Å²) in [5.41, 5.74) is 7.85. The van der Waals surface area contributed by atoms with E-state index in [1.54, 1.807) is 0 Å². The topological polar surface area (TPSA) is 17.3 Å². The van der Waals surface area contributed by atoms with E-state index in [2.05, 4.69) is 117 Å². The molecule has 2 heterocycles. The number of rotatable bonds is 2. The Morgan fingerprint density at radius 2 is 1.30 bits per heavy atom. The number of pyridine rings is 1. The minimum Gasteiger partial charge on any atom is -0.291 e. The fourth-order valence-corrected chi connectivity index (χ4v) is 4.72. The highest BCUT2D eigenvalue weighted by atomic mass is 79.9. The number of halogens is 1. The summed E-state index contributed by atoms with van der Waals surface area (Å²) in [7, 11) is 0. The van der Waals surface area contributed by atoms with Gasteiger partial charge in [-0.2, -0.15) is 0 Å². The summed E-state index contributed by atoms with van der Waals surface area (Å²) >= 11 is 3.69. The van der Waals surface area contributed by atoms with Crippen LogP contribution in [0.15, 0.2) is 108 Å². The van der Waals surface area contributed by atoms with Crippen molar-refractivity contribution in [1.29, 1.82) is 0 Å². The molecule has 0 aliphatic heterocycles. The third-order valence-corrected chi connectivity index (χ3v) is 6.12. The second kappa shape index (κ2) is 6.82. The maximum Gasteiger partial charge on any atom is 0.146 e. The Hall–Kier alpha value is -3.43. The van der Waals surface area contributed by atoms with Gasteiger partial charge in [0.15, 0.2) is 0 Å². The largest absolute Gasteiger partial charge is 0.291 e. The Morgan fingerprint density at radius 1 is 0.633 bits per heavy atom. The molecule has 6 aromatic rings. The van der Waals surface area contributed by atoms with Gasteiger partial charge < -0.3 is 0 Å². The molecule has 0 radical (unpaired) electrons. The smallest absolute Gasteiger partial charge is 0.146 e. The quantitative estimate of drug-likeness (QED) is 0.264. The minimum absolute atomic E-state index is 0.984. The Kier molecular flexibility index (Phi) is 3.96. The maximum absolute atomic E-state index is 5.04. The predicted octanol–water partition coefficient (Wildman–Crippen LogP) is 7.74. The minimum atomic E-state index is 0.984. The van der Waals surface area contributed by atoms with Crippen molar-refractivity contribution in [3.63, 3.8) is 0 Å². The molecule has 2 nitrogen and oxygen atoms in total. The van der Waals surface area contributed by atoms with E-state index < -0.39 is 0 Å². The van der Waals surface area contributed by atoms with Crippen LogP contribution in [-0.4, -0.2) is 9.38 Å². The highest BCUT2D eigenvalue weighted by Gasteiger charge is 2.20. The van der Waals surface area contributed by atoms with Crippen molar-refractivity contribution in [3.05, 3.63) is 108 Å². The molecule has 0 aliphatic rings. The molecule has 0 spiro atoms. The van der Waals surface area contributed by atoms with Gasteiger partial charge in [0.05, 0.1) is 16.7 Å². The van der Waals surface area contributed by atoms with Crippen LogP contribution in [0.5, 0.6) is 0 Å². The third-order valence-electron chi connectivity index (χ3n) is 5.62. The van der Waals surface area contributed by atoms with Gasteiger partial charge in [0.2, 0.25) is 0 Å². The van der Waals surface area contributed by atoms with Gasteiger partial charge in [-0.05, 0) is 46.8 Å². The summed E-state index contributed by atoms with van der Waals surface area (Å²) in [5.74, 6) is 0. The summed E-state index contributed by atoms with van der Waals surface area (Å²) in [6.07, 6.45) is 0. The van der Waals surface area contributed by atoms with Gasteiger partial charge in [0, 0.05) is 15.4 Å². The number of fused-ring (bicyclic) bond motifs is 5. The highest BCUT2D eigenvalue weighted by molar-refractivity contribution is 9.10. The predicted molar refractivity (Wildman–Crippen MR) is 129 cm³/mol. The van der Waals surface area contributed by atoms with E-state index >= 15 is 0 Å². The zero-order chi connectivity index (χ0) is 20.1. The van der Waals surface area contributed by atoms with Crippen molar-refractivity contribution in [1.82, 2.24) is 9.38 Å². The first-order chi connectivity index (χ1) is 14.8. The molecule has 0 atom stereocenters. The van der Waals surface area contributed by atoms with Crippen LogP contribution in [0.1, 0.15) is 0 Å². The van der Waals surface area contributed by atoms with Crippen molar-refractivity contribution < 1.29 is 0 Å². The SMILES string of the molecule is Brc1ccc2c(c1)c(-c1ccccc1)c(-c1ccccc1)n1c3ccccc3nc21. The van der Waals surface area contributed by atoms with Crippen molar-refractivity contribution in [3.8, 4) is 22.4 Å². The highest BCUT2D eigenvalue weighted by Crippen LogP contribution is 2.42. The molecule has 30 heavy (non-hydrogen) atoms. The lowest BCUT2D eigenvalue weighted by atomic mass is 9.93. The lowest BCUT2D eigenvalue weighted by molar-refractivity contribution is 1.25. The molecule has 0 amide bonds. The molecule has 2 aromatic heterocycles. The first-order valence-corrected chi connectivity index (χ1v) is 10.7. The normalized spacial score (nSPS) is 11.5. The van der Waals surface area contributed by atoms with E-state index in [9.17, 15) is 0 Å². The molecule has 0 saturated heterocycles. The Labute approximate surface area is 182 Å². The number of aromatic nitrogens is 2. The molecule has 6 rings (SSSR count). The van der Waals surface area contributed by atoms with Crippen molar-refractivity contribution >= 4 is 43.4 Å². The second-order valence-electron chi connectivity index (χ2n) is 7.41. The van der Waals surface area contributed by atoms with Crippen LogP contribution in [0.25, 0.3) is 49.8 Å². The van der Waals surface area contributed by atoms with E-state index in [1.807, 2.05) is 6.07 Å².